The van der Waals surface area contributed by atoms with Crippen molar-refractivity contribution in [1.82, 2.24) is 9.78 Å². The maximum Gasteiger partial charge on any atom is 0.304 e. The van der Waals surface area contributed by atoms with E-state index in [1.807, 2.05) is 0 Å². The van der Waals surface area contributed by atoms with E-state index in [1.54, 1.807) is 4.68 Å². The zero-order valence-corrected chi connectivity index (χ0v) is 10.8. The van der Waals surface area contributed by atoms with Gasteiger partial charge in [-0.25, -0.2) is 4.68 Å². The molecule has 1 aliphatic rings. The van der Waals surface area contributed by atoms with Crippen LogP contribution in [0, 0.1) is 27.3 Å². The van der Waals surface area contributed by atoms with E-state index in [1.165, 1.54) is 6.07 Å². The van der Waals surface area contributed by atoms with E-state index in [9.17, 15) is 19.8 Å². The van der Waals surface area contributed by atoms with Gasteiger partial charge in [0.05, 0.1) is 4.92 Å². The summed E-state index contributed by atoms with van der Waals surface area (Å²) < 4.78 is 15.4. The Morgan fingerprint density at radius 3 is 3.00 bits per heavy atom. The Bertz CT molecular complexity index is 778. The number of nitrogens with zero attached hydrogens (tertiary/aromatic N) is 4. The van der Waals surface area contributed by atoms with Gasteiger partial charge in [-0.1, -0.05) is 0 Å². The van der Waals surface area contributed by atoms with Crippen LogP contribution in [0.5, 0.6) is 0 Å². The van der Waals surface area contributed by atoms with Crippen LogP contribution < -0.4 is 5.32 Å². The largest absolute Gasteiger partial charge is 0.369 e. The number of anilines is 1. The van der Waals surface area contributed by atoms with Crippen LogP contribution in [0.1, 0.15) is 12.0 Å². The highest BCUT2D eigenvalue weighted by Gasteiger charge is 2.23. The Morgan fingerprint density at radius 1 is 1.52 bits per heavy atom. The molecule has 0 saturated heterocycles. The van der Waals surface area contributed by atoms with E-state index in [-0.39, 0.29) is 0 Å². The molecule has 0 fully saturated rings. The molecule has 0 bridgehead atoms. The van der Waals surface area contributed by atoms with Crippen LogP contribution in [0.3, 0.4) is 0 Å². The summed E-state index contributed by atoms with van der Waals surface area (Å²) in [6, 6.07) is 5.57. The molecule has 106 valence electrons. The average Bonchev–Trinajstić information content (AvgIpc) is 2.85. The molecule has 21 heavy (non-hydrogen) atoms. The summed E-state index contributed by atoms with van der Waals surface area (Å²) in [7, 11) is 0. The second-order valence-corrected chi connectivity index (χ2v) is 4.61. The topological polar surface area (TPSA) is 96.8 Å². The number of hydrogen-bond acceptors (Lipinski definition) is 5. The minimum Gasteiger partial charge on any atom is -0.369 e. The lowest BCUT2D eigenvalue weighted by Crippen LogP contribution is -2.17. The lowest BCUT2D eigenvalue weighted by atomic mass is 10.1. The Morgan fingerprint density at radius 2 is 2.33 bits per heavy atom. The van der Waals surface area contributed by atoms with E-state index >= 15 is 0 Å². The van der Waals surface area contributed by atoms with Crippen LogP contribution in [-0.2, 0) is 6.54 Å². The number of aryl methyl sites for hydroxylation is 1. The number of nitriles is 1. The predicted octanol–water partition coefficient (Wildman–Crippen LogP) is 2.28. The van der Waals surface area contributed by atoms with Crippen LogP contribution >= 0.6 is 0 Å². The highest BCUT2D eigenvalue weighted by atomic mass is 19.1. The van der Waals surface area contributed by atoms with Crippen LogP contribution in [0.15, 0.2) is 18.2 Å². The molecule has 0 aliphatic carbocycles. The summed E-state index contributed by atoms with van der Waals surface area (Å²) in [5.41, 5.74) is 0.399. The monoisotopic (exact) mass is 287 g/mol. The lowest BCUT2D eigenvalue weighted by molar-refractivity contribution is -0.387. The standard InChI is InChI=1S/C13H10FN5O2/c14-10-6-8(2-3-11(10)19(20)21)12-9(7-15)13-16-4-1-5-18(13)17-12/h2-3,6,16H,1,4-5H2. The molecule has 0 unspecified atom stereocenters. The first-order valence-electron chi connectivity index (χ1n) is 6.31. The molecule has 1 N–H and O–H groups in total. The number of halogens is 1. The normalized spacial score (nSPS) is 13.1. The second kappa shape index (κ2) is 4.86. The molecule has 1 aromatic heterocycles. The Hall–Kier alpha value is -2.95. The second-order valence-electron chi connectivity index (χ2n) is 4.61. The van der Waals surface area contributed by atoms with Crippen LogP contribution in [0.2, 0.25) is 0 Å². The first-order chi connectivity index (χ1) is 10.1. The number of aromatic nitrogens is 2. The maximum absolute atomic E-state index is 13.7. The van der Waals surface area contributed by atoms with Gasteiger partial charge >= 0.3 is 5.69 Å². The lowest BCUT2D eigenvalue weighted by Gasteiger charge is -2.14. The van der Waals surface area contributed by atoms with Gasteiger partial charge in [-0.3, -0.25) is 10.1 Å². The zero-order valence-electron chi connectivity index (χ0n) is 10.8. The van der Waals surface area contributed by atoms with Gasteiger partial charge in [0, 0.05) is 24.7 Å². The molecule has 1 aliphatic heterocycles. The highest BCUT2D eigenvalue weighted by molar-refractivity contribution is 5.74. The van der Waals surface area contributed by atoms with Gasteiger partial charge in [0.1, 0.15) is 23.1 Å². The van der Waals surface area contributed by atoms with Crippen molar-refractivity contribution in [1.29, 1.82) is 5.26 Å². The van der Waals surface area contributed by atoms with Gasteiger partial charge in [-0.05, 0) is 18.6 Å². The molecular formula is C13H10FN5O2. The van der Waals surface area contributed by atoms with Crippen molar-refractivity contribution < 1.29 is 9.31 Å². The Kier molecular flexibility index (Phi) is 3.02. The van der Waals surface area contributed by atoms with Gasteiger partial charge < -0.3 is 5.32 Å². The van der Waals surface area contributed by atoms with Gasteiger partial charge in [0.2, 0.25) is 5.82 Å². The molecule has 0 saturated carbocycles. The molecule has 0 atom stereocenters. The summed E-state index contributed by atoms with van der Waals surface area (Å²) in [6.07, 6.45) is 0.883. The minimum absolute atomic E-state index is 0.322. The van der Waals surface area contributed by atoms with Gasteiger partial charge in [-0.2, -0.15) is 14.8 Å². The summed E-state index contributed by atoms with van der Waals surface area (Å²) in [6.45, 7) is 1.42. The van der Waals surface area contributed by atoms with E-state index in [0.717, 1.165) is 25.1 Å². The molecule has 8 heteroatoms. The zero-order chi connectivity index (χ0) is 15.0. The third kappa shape index (κ3) is 2.08. The quantitative estimate of drug-likeness (QED) is 0.675. The SMILES string of the molecule is N#Cc1c(-c2ccc([N+](=O)[O-])c(F)c2)nn2c1NCCC2. The third-order valence-corrected chi connectivity index (χ3v) is 3.32. The summed E-state index contributed by atoms with van der Waals surface area (Å²) in [5.74, 6) is -0.335. The first kappa shape index (κ1) is 13.1. The number of hydrogen-bond donors (Lipinski definition) is 1. The molecule has 2 aromatic rings. The molecular weight excluding hydrogens is 277 g/mol. The molecule has 0 amide bonds. The average molecular weight is 287 g/mol. The van der Waals surface area contributed by atoms with Crippen LogP contribution in [-0.4, -0.2) is 21.2 Å². The van der Waals surface area contributed by atoms with Crippen molar-refractivity contribution in [3.05, 3.63) is 39.7 Å². The van der Waals surface area contributed by atoms with Crippen molar-refractivity contribution in [3.8, 4) is 17.3 Å². The minimum atomic E-state index is -0.944. The van der Waals surface area contributed by atoms with E-state index in [2.05, 4.69) is 16.5 Å². The fourth-order valence-electron chi connectivity index (χ4n) is 2.35. The summed E-state index contributed by atoms with van der Waals surface area (Å²) in [4.78, 5) is 9.85. The first-order valence-corrected chi connectivity index (χ1v) is 6.31. The number of nitro groups is 1. The fraction of sp³-hybridized carbons (Fsp3) is 0.231. The number of nitrogens with one attached hydrogen (secondary N) is 1. The summed E-state index contributed by atoms with van der Waals surface area (Å²) in [5, 5.41) is 27.3. The van der Waals surface area contributed by atoms with E-state index in [0.29, 0.717) is 29.2 Å². The highest BCUT2D eigenvalue weighted by Crippen LogP contribution is 2.32. The van der Waals surface area contributed by atoms with Crippen molar-refractivity contribution in [2.24, 2.45) is 0 Å². The number of rotatable bonds is 2. The number of fused-ring (bicyclic) bond motifs is 1. The van der Waals surface area contributed by atoms with Gasteiger partial charge in [0.15, 0.2) is 0 Å². The van der Waals surface area contributed by atoms with Crippen molar-refractivity contribution in [2.45, 2.75) is 13.0 Å². The predicted molar refractivity (Wildman–Crippen MR) is 72.1 cm³/mol. The maximum atomic E-state index is 13.7. The van der Waals surface area contributed by atoms with Crippen molar-refractivity contribution in [3.63, 3.8) is 0 Å². The molecule has 7 nitrogen and oxygen atoms in total. The van der Waals surface area contributed by atoms with Crippen LogP contribution in [0.4, 0.5) is 15.9 Å². The smallest absolute Gasteiger partial charge is 0.304 e. The van der Waals surface area contributed by atoms with Gasteiger partial charge in [-0.15, -0.1) is 0 Å². The van der Waals surface area contributed by atoms with Crippen molar-refractivity contribution in [2.75, 3.05) is 11.9 Å². The van der Waals surface area contributed by atoms with Crippen LogP contribution in [0.25, 0.3) is 11.3 Å². The molecule has 1 aromatic carbocycles. The number of nitro benzene ring substituents is 1. The Balaban J connectivity index is 2.13. The van der Waals surface area contributed by atoms with Crippen molar-refractivity contribution >= 4 is 11.5 Å². The summed E-state index contributed by atoms with van der Waals surface area (Å²) >= 11 is 0. The van der Waals surface area contributed by atoms with E-state index < -0.39 is 16.4 Å². The van der Waals surface area contributed by atoms with E-state index in [4.69, 9.17) is 0 Å². The van der Waals surface area contributed by atoms with Gasteiger partial charge in [0.25, 0.3) is 0 Å². The molecule has 0 spiro atoms. The molecule has 0 radical (unpaired) electrons. The molecule has 2 heterocycles. The fourth-order valence-corrected chi connectivity index (χ4v) is 2.35. The third-order valence-electron chi connectivity index (χ3n) is 3.32. The number of benzene rings is 1. The molecule has 3 rings (SSSR count). The Labute approximate surface area is 118 Å².